The summed E-state index contributed by atoms with van der Waals surface area (Å²) >= 11 is 6.24. The van der Waals surface area contributed by atoms with E-state index < -0.39 is 11.0 Å². The fourth-order valence-electron chi connectivity index (χ4n) is 4.26. The topological polar surface area (TPSA) is 82.9 Å². The van der Waals surface area contributed by atoms with Crippen LogP contribution < -0.4 is 0 Å². The van der Waals surface area contributed by atoms with Crippen molar-refractivity contribution >= 4 is 33.6 Å². The highest BCUT2D eigenvalue weighted by molar-refractivity contribution is 7.82. The van der Waals surface area contributed by atoms with Gasteiger partial charge in [0.05, 0.1) is 27.9 Å². The summed E-state index contributed by atoms with van der Waals surface area (Å²) in [6.45, 7) is 6.28. The quantitative estimate of drug-likeness (QED) is 0.432. The number of H-pyrrole nitrogens is 1. The van der Waals surface area contributed by atoms with Crippen molar-refractivity contribution in [3.8, 4) is 11.3 Å². The lowest BCUT2D eigenvalue weighted by molar-refractivity contribution is 0.163. The molecule has 0 amide bonds. The molecule has 0 spiro atoms. The number of nitrogens with one attached hydrogen (secondary N) is 1. The summed E-state index contributed by atoms with van der Waals surface area (Å²) in [6, 6.07) is 9.61. The molecule has 8 nitrogen and oxygen atoms in total. The zero-order valence-corrected chi connectivity index (χ0v) is 20.0. The SMILES string of the molecule is CCC(CN1CCN(S(=O)c2ccccc2Cl)CC1)n1cc(-c2ncnc3[nH]ccc23)cn1. The van der Waals surface area contributed by atoms with Crippen LogP contribution in [0.3, 0.4) is 0 Å². The number of fused-ring (bicyclic) bond motifs is 1. The number of nitrogens with zero attached hydrogens (tertiary/aromatic N) is 6. The van der Waals surface area contributed by atoms with E-state index in [0.717, 1.165) is 61.4 Å². The van der Waals surface area contributed by atoms with Crippen LogP contribution >= 0.6 is 11.6 Å². The summed E-state index contributed by atoms with van der Waals surface area (Å²) < 4.78 is 17.0. The number of hydrogen-bond acceptors (Lipinski definition) is 5. The Morgan fingerprint density at radius 2 is 1.97 bits per heavy atom. The third-order valence-corrected chi connectivity index (χ3v) is 8.14. The lowest BCUT2D eigenvalue weighted by Gasteiger charge is -2.35. The highest BCUT2D eigenvalue weighted by Crippen LogP contribution is 2.26. The number of aromatic amines is 1. The molecule has 2 unspecified atom stereocenters. The second kappa shape index (κ2) is 9.72. The van der Waals surface area contributed by atoms with Gasteiger partial charge in [-0.3, -0.25) is 9.58 Å². The van der Waals surface area contributed by atoms with E-state index in [0.29, 0.717) is 9.92 Å². The Kier molecular flexibility index (Phi) is 6.55. The molecule has 0 bridgehead atoms. The van der Waals surface area contributed by atoms with Gasteiger partial charge in [-0.1, -0.05) is 30.7 Å². The maximum atomic E-state index is 12.9. The van der Waals surface area contributed by atoms with Crippen LogP contribution in [0.15, 0.2) is 60.1 Å². The van der Waals surface area contributed by atoms with Crippen molar-refractivity contribution in [2.24, 2.45) is 0 Å². The van der Waals surface area contributed by atoms with Crippen LogP contribution in [0.25, 0.3) is 22.3 Å². The number of halogens is 1. The average molecular weight is 484 g/mol. The molecule has 1 fully saturated rings. The molecule has 172 valence electrons. The molecule has 5 rings (SSSR count). The van der Waals surface area contributed by atoms with Gasteiger partial charge in [0.15, 0.2) is 0 Å². The van der Waals surface area contributed by atoms with Crippen LogP contribution in [0, 0.1) is 0 Å². The van der Waals surface area contributed by atoms with E-state index in [4.69, 9.17) is 11.6 Å². The molecule has 0 saturated carbocycles. The highest BCUT2D eigenvalue weighted by Gasteiger charge is 2.25. The van der Waals surface area contributed by atoms with Gasteiger partial charge < -0.3 is 4.98 Å². The van der Waals surface area contributed by atoms with Crippen LogP contribution in [0.5, 0.6) is 0 Å². The molecular formula is C23H26ClN7OS. The molecule has 10 heteroatoms. The monoisotopic (exact) mass is 483 g/mol. The van der Waals surface area contributed by atoms with Gasteiger partial charge in [-0.15, -0.1) is 0 Å². The number of hydrogen-bond donors (Lipinski definition) is 1. The first-order valence-corrected chi connectivity index (χ1v) is 12.6. The Balaban J connectivity index is 1.23. The molecule has 1 aliphatic rings. The van der Waals surface area contributed by atoms with Crippen molar-refractivity contribution < 1.29 is 4.21 Å². The highest BCUT2D eigenvalue weighted by atomic mass is 35.5. The van der Waals surface area contributed by atoms with Crippen molar-refractivity contribution in [1.29, 1.82) is 0 Å². The largest absolute Gasteiger partial charge is 0.346 e. The average Bonchev–Trinajstić information content (AvgIpc) is 3.53. The van der Waals surface area contributed by atoms with Crippen molar-refractivity contribution in [1.82, 2.24) is 33.9 Å². The van der Waals surface area contributed by atoms with E-state index in [-0.39, 0.29) is 6.04 Å². The van der Waals surface area contributed by atoms with Gasteiger partial charge in [-0.25, -0.2) is 18.5 Å². The first-order valence-electron chi connectivity index (χ1n) is 11.1. The van der Waals surface area contributed by atoms with Gasteiger partial charge in [0.25, 0.3) is 0 Å². The van der Waals surface area contributed by atoms with Crippen LogP contribution in [0.4, 0.5) is 0 Å². The molecule has 4 aromatic rings. The van der Waals surface area contributed by atoms with Crippen molar-refractivity contribution in [3.05, 3.63) is 60.3 Å². The minimum atomic E-state index is -1.23. The number of piperazine rings is 1. The molecule has 1 N–H and O–H groups in total. The lowest BCUT2D eigenvalue weighted by atomic mass is 10.1. The smallest absolute Gasteiger partial charge is 0.141 e. The maximum absolute atomic E-state index is 12.9. The molecule has 0 aliphatic carbocycles. The molecule has 2 atom stereocenters. The molecule has 1 saturated heterocycles. The van der Waals surface area contributed by atoms with Gasteiger partial charge in [0, 0.05) is 56.1 Å². The number of benzene rings is 1. The van der Waals surface area contributed by atoms with E-state index in [2.05, 4.69) is 38.1 Å². The van der Waals surface area contributed by atoms with E-state index in [1.165, 1.54) is 0 Å². The standard InChI is InChI=1S/C23H26ClN7OS/c1-2-18(31-14-17(13-28-31)22-19-7-8-25-23(19)27-16-26-22)15-29-9-11-30(12-10-29)33(32)21-6-4-3-5-20(21)24/h3-8,13-14,16,18H,2,9-12,15H2,1H3,(H,25,26,27). The fourth-order valence-corrected chi connectivity index (χ4v) is 5.80. The molecule has 4 heterocycles. The Morgan fingerprint density at radius 3 is 2.76 bits per heavy atom. The third kappa shape index (κ3) is 4.59. The van der Waals surface area contributed by atoms with Gasteiger partial charge in [-0.05, 0) is 24.6 Å². The van der Waals surface area contributed by atoms with E-state index in [1.54, 1.807) is 12.4 Å². The molecule has 3 aromatic heterocycles. The Hall–Kier alpha value is -2.59. The van der Waals surface area contributed by atoms with Crippen molar-refractivity contribution in [2.45, 2.75) is 24.3 Å². The zero-order valence-electron chi connectivity index (χ0n) is 18.4. The van der Waals surface area contributed by atoms with E-state index in [1.807, 2.05) is 45.6 Å². The van der Waals surface area contributed by atoms with Crippen LogP contribution in [-0.4, -0.2) is 70.9 Å². The third-order valence-electron chi connectivity index (χ3n) is 6.13. The summed E-state index contributed by atoms with van der Waals surface area (Å²) in [5.74, 6) is 0. The van der Waals surface area contributed by atoms with Crippen molar-refractivity contribution in [3.63, 3.8) is 0 Å². The second-order valence-electron chi connectivity index (χ2n) is 8.14. The number of aromatic nitrogens is 5. The minimum absolute atomic E-state index is 0.253. The van der Waals surface area contributed by atoms with Gasteiger partial charge in [0.2, 0.25) is 0 Å². The summed E-state index contributed by atoms with van der Waals surface area (Å²) in [7, 11) is -1.23. The molecule has 1 aliphatic heterocycles. The summed E-state index contributed by atoms with van der Waals surface area (Å²) in [5, 5.41) is 6.21. The molecule has 33 heavy (non-hydrogen) atoms. The van der Waals surface area contributed by atoms with Crippen LogP contribution in [0.1, 0.15) is 19.4 Å². The number of rotatable bonds is 7. The summed E-state index contributed by atoms with van der Waals surface area (Å²) in [5.41, 5.74) is 2.70. The fraction of sp³-hybridized carbons (Fsp3) is 0.348. The van der Waals surface area contributed by atoms with Crippen LogP contribution in [0.2, 0.25) is 5.02 Å². The molecular weight excluding hydrogens is 458 g/mol. The first kappa shape index (κ1) is 22.2. The van der Waals surface area contributed by atoms with Gasteiger partial charge in [-0.2, -0.15) is 5.10 Å². The minimum Gasteiger partial charge on any atom is -0.346 e. The van der Waals surface area contributed by atoms with Crippen LogP contribution in [-0.2, 0) is 11.0 Å². The summed E-state index contributed by atoms with van der Waals surface area (Å²) in [6.07, 6.45) is 8.37. The normalized spacial score (nSPS) is 17.4. The van der Waals surface area contributed by atoms with Crippen molar-refractivity contribution in [2.75, 3.05) is 32.7 Å². The maximum Gasteiger partial charge on any atom is 0.141 e. The van der Waals surface area contributed by atoms with Gasteiger partial charge in [0.1, 0.15) is 23.0 Å². The second-order valence-corrected chi connectivity index (χ2v) is 10.0. The molecule has 0 radical (unpaired) electrons. The Labute approximate surface area is 200 Å². The predicted molar refractivity (Wildman–Crippen MR) is 130 cm³/mol. The Morgan fingerprint density at radius 1 is 1.15 bits per heavy atom. The zero-order chi connectivity index (χ0) is 22.8. The van der Waals surface area contributed by atoms with E-state index >= 15 is 0 Å². The van der Waals surface area contributed by atoms with E-state index in [9.17, 15) is 4.21 Å². The summed E-state index contributed by atoms with van der Waals surface area (Å²) in [4.78, 5) is 15.0. The van der Waals surface area contributed by atoms with Gasteiger partial charge >= 0.3 is 0 Å². The first-order chi connectivity index (χ1) is 16.1. The Bertz CT molecular complexity index is 1260. The molecule has 1 aromatic carbocycles. The predicted octanol–water partition coefficient (Wildman–Crippen LogP) is 3.77. The lowest BCUT2D eigenvalue weighted by Crippen LogP contribution is -2.48.